The zero-order valence-electron chi connectivity index (χ0n) is 15.7. The highest BCUT2D eigenvalue weighted by Gasteiger charge is 2.30. The van der Waals surface area contributed by atoms with Crippen LogP contribution in [-0.2, 0) is 11.2 Å². The minimum Gasteiger partial charge on any atom is -0.444 e. The molecule has 1 aliphatic carbocycles. The van der Waals surface area contributed by atoms with Gasteiger partial charge >= 0.3 is 6.09 Å². The van der Waals surface area contributed by atoms with Gasteiger partial charge in [-0.1, -0.05) is 6.07 Å². The Morgan fingerprint density at radius 1 is 1.31 bits per heavy atom. The number of nitriles is 1. The van der Waals surface area contributed by atoms with Crippen molar-refractivity contribution in [2.75, 3.05) is 32.7 Å². The molecular weight excluding hydrogens is 333 g/mol. The number of rotatable bonds is 2. The summed E-state index contributed by atoms with van der Waals surface area (Å²) in [5.41, 5.74) is 1.72. The Bertz CT molecular complexity index is 728. The first-order valence-electron chi connectivity index (χ1n) is 9.20. The molecule has 1 saturated heterocycles. The minimum absolute atomic E-state index is 0.208. The van der Waals surface area contributed by atoms with Crippen molar-refractivity contribution in [3.8, 4) is 6.07 Å². The van der Waals surface area contributed by atoms with Crippen molar-refractivity contribution in [1.82, 2.24) is 9.80 Å². The topological polar surface area (TPSA) is 56.6 Å². The van der Waals surface area contributed by atoms with E-state index < -0.39 is 11.4 Å². The highest BCUT2D eigenvalue weighted by Crippen LogP contribution is 2.36. The van der Waals surface area contributed by atoms with E-state index in [4.69, 9.17) is 4.74 Å². The van der Waals surface area contributed by atoms with E-state index in [0.717, 1.165) is 43.6 Å². The van der Waals surface area contributed by atoms with Gasteiger partial charge in [-0.3, -0.25) is 4.90 Å². The monoisotopic (exact) mass is 359 g/mol. The first-order valence-corrected chi connectivity index (χ1v) is 9.20. The van der Waals surface area contributed by atoms with Crippen LogP contribution < -0.4 is 0 Å². The van der Waals surface area contributed by atoms with E-state index in [1.807, 2.05) is 32.9 Å². The lowest BCUT2D eigenvalue weighted by atomic mass is 9.98. The molecule has 1 unspecified atom stereocenters. The summed E-state index contributed by atoms with van der Waals surface area (Å²) in [4.78, 5) is 16.3. The van der Waals surface area contributed by atoms with Crippen LogP contribution in [0.5, 0.6) is 0 Å². The first-order chi connectivity index (χ1) is 12.3. The van der Waals surface area contributed by atoms with Gasteiger partial charge in [0.2, 0.25) is 0 Å². The first kappa shape index (κ1) is 18.7. The van der Waals surface area contributed by atoms with Gasteiger partial charge in [0.05, 0.1) is 5.56 Å². The van der Waals surface area contributed by atoms with Crippen LogP contribution in [0.4, 0.5) is 9.18 Å². The molecule has 2 aliphatic rings. The number of piperazine rings is 1. The van der Waals surface area contributed by atoms with Crippen LogP contribution in [0.3, 0.4) is 0 Å². The molecule has 1 aliphatic heterocycles. The average molecular weight is 359 g/mol. The zero-order valence-corrected chi connectivity index (χ0v) is 15.7. The lowest BCUT2D eigenvalue weighted by molar-refractivity contribution is 0.0141. The van der Waals surface area contributed by atoms with Crippen molar-refractivity contribution < 1.29 is 13.9 Å². The summed E-state index contributed by atoms with van der Waals surface area (Å²) in [7, 11) is 0. The van der Waals surface area contributed by atoms with Crippen molar-refractivity contribution in [3.05, 3.63) is 34.6 Å². The molecule has 1 atom stereocenters. The van der Waals surface area contributed by atoms with Crippen molar-refractivity contribution >= 4 is 6.09 Å². The van der Waals surface area contributed by atoms with Gasteiger partial charge in [-0.05, 0) is 56.7 Å². The SMILES string of the molecule is CC(C)(C)OC(=O)N1CCN(CC2CCc3c2ccc(F)c3C#N)CC1. The van der Waals surface area contributed by atoms with Gasteiger partial charge in [0, 0.05) is 32.7 Å². The maximum absolute atomic E-state index is 13.8. The lowest BCUT2D eigenvalue weighted by Gasteiger charge is -2.36. The van der Waals surface area contributed by atoms with Crippen LogP contribution in [0.15, 0.2) is 12.1 Å². The molecule has 1 amide bonds. The third-order valence-corrected chi connectivity index (χ3v) is 5.10. The Labute approximate surface area is 154 Å². The summed E-state index contributed by atoms with van der Waals surface area (Å²) in [6.45, 7) is 9.41. The van der Waals surface area contributed by atoms with E-state index in [2.05, 4.69) is 4.90 Å². The Kier molecular flexibility index (Phi) is 5.19. The van der Waals surface area contributed by atoms with Gasteiger partial charge in [-0.25, -0.2) is 9.18 Å². The van der Waals surface area contributed by atoms with Gasteiger partial charge in [-0.2, -0.15) is 5.26 Å². The fraction of sp³-hybridized carbons (Fsp3) is 0.600. The molecule has 0 bridgehead atoms. The Balaban J connectivity index is 1.57. The summed E-state index contributed by atoms with van der Waals surface area (Å²) >= 11 is 0. The zero-order chi connectivity index (χ0) is 18.9. The number of hydrogen-bond acceptors (Lipinski definition) is 4. The number of hydrogen-bond donors (Lipinski definition) is 0. The highest BCUT2D eigenvalue weighted by atomic mass is 19.1. The predicted molar refractivity (Wildman–Crippen MR) is 96.4 cm³/mol. The summed E-state index contributed by atoms with van der Waals surface area (Å²) < 4.78 is 19.2. The van der Waals surface area contributed by atoms with Gasteiger partial charge in [0.15, 0.2) is 0 Å². The number of amides is 1. The van der Waals surface area contributed by atoms with Gasteiger partial charge in [-0.15, -0.1) is 0 Å². The van der Waals surface area contributed by atoms with Crippen LogP contribution >= 0.6 is 0 Å². The molecular formula is C20H26FN3O2. The van der Waals surface area contributed by atoms with Crippen molar-refractivity contribution in [2.45, 2.75) is 45.1 Å². The molecule has 1 heterocycles. The second-order valence-electron chi connectivity index (χ2n) is 8.11. The van der Waals surface area contributed by atoms with E-state index in [0.29, 0.717) is 19.0 Å². The molecule has 0 saturated carbocycles. The van der Waals surface area contributed by atoms with E-state index >= 15 is 0 Å². The summed E-state index contributed by atoms with van der Waals surface area (Å²) in [5, 5.41) is 9.20. The number of benzene rings is 1. The van der Waals surface area contributed by atoms with Crippen LogP contribution in [-0.4, -0.2) is 54.2 Å². The van der Waals surface area contributed by atoms with Crippen LogP contribution in [0, 0.1) is 17.1 Å². The molecule has 6 heteroatoms. The Morgan fingerprint density at radius 3 is 2.62 bits per heavy atom. The number of carbonyl (C=O) groups excluding carboxylic acids is 1. The lowest BCUT2D eigenvalue weighted by Crippen LogP contribution is -2.50. The number of halogens is 1. The van der Waals surface area contributed by atoms with Gasteiger partial charge < -0.3 is 9.64 Å². The number of carbonyl (C=O) groups is 1. The second-order valence-corrected chi connectivity index (χ2v) is 8.11. The molecule has 140 valence electrons. The molecule has 5 nitrogen and oxygen atoms in total. The highest BCUT2D eigenvalue weighted by molar-refractivity contribution is 5.68. The van der Waals surface area contributed by atoms with Crippen LogP contribution in [0.2, 0.25) is 0 Å². The number of fused-ring (bicyclic) bond motifs is 1. The minimum atomic E-state index is -0.477. The summed E-state index contributed by atoms with van der Waals surface area (Å²) in [6.07, 6.45) is 1.45. The quantitative estimate of drug-likeness (QED) is 0.813. The van der Waals surface area contributed by atoms with Crippen molar-refractivity contribution in [1.29, 1.82) is 5.26 Å². The molecule has 26 heavy (non-hydrogen) atoms. The molecule has 1 aromatic carbocycles. The van der Waals surface area contributed by atoms with E-state index in [-0.39, 0.29) is 11.7 Å². The average Bonchev–Trinajstić information content (AvgIpc) is 2.97. The fourth-order valence-corrected chi connectivity index (χ4v) is 3.82. The summed E-state index contributed by atoms with van der Waals surface area (Å²) in [6, 6.07) is 5.26. The fourth-order valence-electron chi connectivity index (χ4n) is 3.82. The Morgan fingerprint density at radius 2 is 2.00 bits per heavy atom. The maximum atomic E-state index is 13.8. The standard InChI is InChI=1S/C20H26FN3O2/c1-20(2,3)26-19(25)24-10-8-23(9-11-24)13-14-4-5-16-15(14)6-7-18(21)17(16)12-22/h6-7,14H,4-5,8-11,13H2,1-3H3. The largest absolute Gasteiger partial charge is 0.444 e. The number of nitrogens with zero attached hydrogens (tertiary/aromatic N) is 3. The van der Waals surface area contributed by atoms with Gasteiger partial charge in [0.25, 0.3) is 0 Å². The van der Waals surface area contributed by atoms with Crippen molar-refractivity contribution in [3.63, 3.8) is 0 Å². The van der Waals surface area contributed by atoms with Crippen molar-refractivity contribution in [2.24, 2.45) is 0 Å². The predicted octanol–water partition coefficient (Wildman–Crippen LogP) is 3.28. The molecule has 1 aromatic rings. The van der Waals surface area contributed by atoms with E-state index in [1.54, 1.807) is 4.90 Å². The smallest absolute Gasteiger partial charge is 0.410 e. The van der Waals surface area contributed by atoms with E-state index in [9.17, 15) is 14.4 Å². The molecule has 3 rings (SSSR count). The van der Waals surface area contributed by atoms with E-state index in [1.165, 1.54) is 6.07 Å². The molecule has 1 fully saturated rings. The molecule has 0 spiro atoms. The maximum Gasteiger partial charge on any atom is 0.410 e. The van der Waals surface area contributed by atoms with Gasteiger partial charge in [0.1, 0.15) is 17.5 Å². The second kappa shape index (κ2) is 7.24. The van der Waals surface area contributed by atoms with Crippen LogP contribution in [0.25, 0.3) is 0 Å². The third-order valence-electron chi connectivity index (χ3n) is 5.10. The summed E-state index contributed by atoms with van der Waals surface area (Å²) in [5.74, 6) is -0.0938. The normalized spacial score (nSPS) is 20.6. The van der Waals surface area contributed by atoms with Crippen LogP contribution in [0.1, 0.15) is 49.8 Å². The molecule has 0 N–H and O–H groups in total. The number of ether oxygens (including phenoxy) is 1. The molecule has 0 radical (unpaired) electrons. The Hall–Kier alpha value is -2.13. The molecule has 0 aromatic heterocycles. The third kappa shape index (κ3) is 3.99.